The van der Waals surface area contributed by atoms with Crippen LogP contribution in [0.4, 0.5) is 17.2 Å². The van der Waals surface area contributed by atoms with Crippen LogP contribution in [0, 0.1) is 5.41 Å². The van der Waals surface area contributed by atoms with Gasteiger partial charge in [0.1, 0.15) is 11.5 Å². The number of allylic oxidation sites excluding steroid dienone is 1. The highest BCUT2D eigenvalue weighted by molar-refractivity contribution is 6.09. The molecule has 0 radical (unpaired) electrons. The van der Waals surface area contributed by atoms with Crippen molar-refractivity contribution in [2.24, 2.45) is 5.73 Å². The molecule has 190 valence electrons. The molecule has 3 aromatic heterocycles. The van der Waals surface area contributed by atoms with Gasteiger partial charge in [0.25, 0.3) is 5.91 Å². The molecule has 0 saturated carbocycles. The highest BCUT2D eigenvalue weighted by Crippen LogP contribution is 2.25. The lowest BCUT2D eigenvalue weighted by molar-refractivity contribution is 0.102. The van der Waals surface area contributed by atoms with E-state index in [1.807, 2.05) is 42.5 Å². The Labute approximate surface area is 222 Å². The van der Waals surface area contributed by atoms with Crippen LogP contribution in [0.15, 0.2) is 91.4 Å². The fourth-order valence-electron chi connectivity index (χ4n) is 4.30. The molecule has 7 N–H and O–H groups in total. The summed E-state index contributed by atoms with van der Waals surface area (Å²) in [6.07, 6.45) is 6.04. The number of hydrogen-bond donors (Lipinski definition) is 6. The van der Waals surface area contributed by atoms with Crippen molar-refractivity contribution in [3.05, 3.63) is 103 Å². The van der Waals surface area contributed by atoms with Crippen LogP contribution in [0.1, 0.15) is 16.1 Å². The minimum Gasteiger partial charge on any atom is -0.404 e. The molecular formula is C29H23N9O. The Kier molecular flexibility index (Phi) is 6.02. The van der Waals surface area contributed by atoms with Crippen LogP contribution in [-0.2, 0) is 0 Å². The van der Waals surface area contributed by atoms with Gasteiger partial charge in [-0.1, -0.05) is 24.3 Å². The minimum absolute atomic E-state index is 0.265. The third kappa shape index (κ3) is 4.81. The molecule has 0 atom stereocenters. The van der Waals surface area contributed by atoms with Crippen molar-refractivity contribution in [1.29, 1.82) is 5.41 Å². The first-order chi connectivity index (χ1) is 19.1. The lowest BCUT2D eigenvalue weighted by Crippen LogP contribution is -2.12. The second kappa shape index (κ2) is 9.94. The molecule has 0 aliphatic rings. The lowest BCUT2D eigenvalue weighted by Gasteiger charge is -2.07. The van der Waals surface area contributed by atoms with Gasteiger partial charge in [0.15, 0.2) is 5.82 Å². The summed E-state index contributed by atoms with van der Waals surface area (Å²) in [7, 11) is 0. The first-order valence-electron chi connectivity index (χ1n) is 12.1. The van der Waals surface area contributed by atoms with E-state index in [9.17, 15) is 4.79 Å². The molecule has 6 rings (SSSR count). The van der Waals surface area contributed by atoms with Crippen LogP contribution in [0.5, 0.6) is 0 Å². The Morgan fingerprint density at radius 1 is 0.923 bits per heavy atom. The second-order valence-electron chi connectivity index (χ2n) is 8.85. The molecule has 39 heavy (non-hydrogen) atoms. The summed E-state index contributed by atoms with van der Waals surface area (Å²) in [5.74, 6) is 0.956. The molecule has 0 spiro atoms. The fraction of sp³-hybridized carbons (Fsp3) is 0. The van der Waals surface area contributed by atoms with Crippen molar-refractivity contribution in [1.82, 2.24) is 25.1 Å². The Hall–Kier alpha value is -5.77. The van der Waals surface area contributed by atoms with Crippen LogP contribution in [-0.4, -0.2) is 37.3 Å². The number of fused-ring (bicyclic) bond motifs is 2. The van der Waals surface area contributed by atoms with Gasteiger partial charge in [-0.15, -0.1) is 0 Å². The average molecular weight is 514 g/mol. The number of nitrogens with one attached hydrogen (secondary N) is 5. The number of aromatic nitrogens is 5. The molecule has 10 heteroatoms. The van der Waals surface area contributed by atoms with Crippen molar-refractivity contribution in [3.63, 3.8) is 0 Å². The van der Waals surface area contributed by atoms with Crippen molar-refractivity contribution in [2.75, 3.05) is 10.6 Å². The van der Waals surface area contributed by atoms with Gasteiger partial charge < -0.3 is 26.8 Å². The van der Waals surface area contributed by atoms with E-state index in [2.05, 4.69) is 35.8 Å². The van der Waals surface area contributed by atoms with Crippen molar-refractivity contribution in [2.45, 2.75) is 0 Å². The third-order valence-electron chi connectivity index (χ3n) is 6.30. The molecule has 10 nitrogen and oxygen atoms in total. The number of carbonyl (C=O) groups is 1. The van der Waals surface area contributed by atoms with Crippen molar-refractivity contribution < 1.29 is 4.79 Å². The molecule has 0 saturated heterocycles. The number of nitrogens with zero attached hydrogens (tertiary/aromatic N) is 3. The molecule has 0 unspecified atom stereocenters. The van der Waals surface area contributed by atoms with Gasteiger partial charge in [0.2, 0.25) is 0 Å². The van der Waals surface area contributed by atoms with Gasteiger partial charge in [-0.05, 0) is 54.1 Å². The van der Waals surface area contributed by atoms with E-state index in [1.54, 1.807) is 42.7 Å². The van der Waals surface area contributed by atoms with Crippen LogP contribution in [0.3, 0.4) is 0 Å². The topological polar surface area (TPSA) is 161 Å². The van der Waals surface area contributed by atoms with Crippen molar-refractivity contribution in [3.8, 4) is 11.4 Å². The Balaban J connectivity index is 1.20. The van der Waals surface area contributed by atoms with E-state index in [0.29, 0.717) is 28.6 Å². The van der Waals surface area contributed by atoms with Gasteiger partial charge in [0.05, 0.1) is 11.7 Å². The summed E-state index contributed by atoms with van der Waals surface area (Å²) in [6, 6.07) is 22.5. The summed E-state index contributed by atoms with van der Waals surface area (Å²) >= 11 is 0. The molecule has 0 aliphatic carbocycles. The summed E-state index contributed by atoms with van der Waals surface area (Å²) < 4.78 is 0. The summed E-state index contributed by atoms with van der Waals surface area (Å²) in [5, 5.41) is 22.5. The smallest absolute Gasteiger partial charge is 0.272 e. The van der Waals surface area contributed by atoms with Gasteiger partial charge in [-0.2, -0.15) is 5.10 Å². The first kappa shape index (κ1) is 23.6. The maximum Gasteiger partial charge on any atom is 0.272 e. The number of benzene rings is 3. The molecule has 3 heterocycles. The maximum absolute atomic E-state index is 12.9. The molecule has 6 aromatic rings. The van der Waals surface area contributed by atoms with Crippen LogP contribution >= 0.6 is 0 Å². The Morgan fingerprint density at radius 2 is 1.77 bits per heavy atom. The van der Waals surface area contributed by atoms with Gasteiger partial charge in [-0.25, -0.2) is 9.97 Å². The quantitative estimate of drug-likeness (QED) is 0.156. The number of hydrogen-bond acceptors (Lipinski definition) is 7. The van der Waals surface area contributed by atoms with E-state index in [-0.39, 0.29) is 5.91 Å². The monoisotopic (exact) mass is 513 g/mol. The zero-order valence-electron chi connectivity index (χ0n) is 20.6. The van der Waals surface area contributed by atoms with Crippen LogP contribution < -0.4 is 16.4 Å². The zero-order chi connectivity index (χ0) is 26.8. The Morgan fingerprint density at radius 3 is 2.59 bits per heavy atom. The highest BCUT2D eigenvalue weighted by atomic mass is 16.1. The van der Waals surface area contributed by atoms with Gasteiger partial charge >= 0.3 is 0 Å². The molecular weight excluding hydrogens is 490 g/mol. The van der Waals surface area contributed by atoms with E-state index in [4.69, 9.17) is 11.1 Å². The van der Waals surface area contributed by atoms with Gasteiger partial charge in [-0.3, -0.25) is 9.89 Å². The van der Waals surface area contributed by atoms with E-state index >= 15 is 0 Å². The van der Waals surface area contributed by atoms with Gasteiger partial charge in [0, 0.05) is 57.4 Å². The van der Waals surface area contributed by atoms with Crippen LogP contribution in [0.25, 0.3) is 38.8 Å². The molecule has 0 aliphatic heterocycles. The van der Waals surface area contributed by atoms with Crippen LogP contribution in [0.2, 0.25) is 0 Å². The minimum atomic E-state index is -0.265. The first-order valence-corrected chi connectivity index (χ1v) is 12.1. The lowest BCUT2D eigenvalue weighted by atomic mass is 10.1. The normalized spacial score (nSPS) is 11.5. The van der Waals surface area contributed by atoms with E-state index in [0.717, 1.165) is 38.6 Å². The zero-order valence-corrected chi connectivity index (χ0v) is 20.6. The number of carbonyl (C=O) groups excluding carboxylic acids is 1. The number of anilines is 3. The largest absolute Gasteiger partial charge is 0.404 e. The summed E-state index contributed by atoms with van der Waals surface area (Å²) in [5.41, 5.74) is 11.5. The SMILES string of the molecule is N=C/C(=C\N)c1ccc(NC(=O)c2cc3ccc(-c4nccc(Nc5ccc6[nH]ncc6c5)n4)cc3[nH]2)cc1. The summed E-state index contributed by atoms with van der Waals surface area (Å²) in [6.45, 7) is 0. The molecule has 3 aromatic carbocycles. The fourth-order valence-corrected chi connectivity index (χ4v) is 4.30. The third-order valence-corrected chi connectivity index (χ3v) is 6.30. The predicted octanol–water partition coefficient (Wildman–Crippen LogP) is 5.45. The van der Waals surface area contributed by atoms with Crippen molar-refractivity contribution >= 4 is 56.7 Å². The number of H-pyrrole nitrogens is 2. The molecule has 1 amide bonds. The average Bonchev–Trinajstić information content (AvgIpc) is 3.61. The highest BCUT2D eigenvalue weighted by Gasteiger charge is 2.12. The number of aromatic amines is 2. The molecule has 0 fully saturated rings. The number of nitrogens with two attached hydrogens (primary N) is 1. The standard InChI is InChI=1S/C29H23N9O/c30-14-21(15-31)17-3-5-22(6-4-17)35-29(39)26-12-18-1-2-19(13-25(18)36-26)28-32-10-9-27(37-28)34-23-7-8-24-20(11-23)16-33-38-24/h1-16,30,36H,31H2,(H,33,38)(H,35,39)(H,32,34,37)/b21-15+,30-14?. The Bertz CT molecular complexity index is 1870. The maximum atomic E-state index is 12.9. The second-order valence-corrected chi connectivity index (χ2v) is 8.85. The molecule has 0 bridgehead atoms. The van der Waals surface area contributed by atoms with E-state index < -0.39 is 0 Å². The summed E-state index contributed by atoms with van der Waals surface area (Å²) in [4.78, 5) is 25.2. The van der Waals surface area contributed by atoms with E-state index in [1.165, 1.54) is 12.4 Å². The number of amides is 1. The predicted molar refractivity (Wildman–Crippen MR) is 154 cm³/mol. The number of rotatable bonds is 7.